The number of rotatable bonds is 8. The molecule has 0 aliphatic heterocycles. The summed E-state index contributed by atoms with van der Waals surface area (Å²) in [5.74, 6) is 0. The summed E-state index contributed by atoms with van der Waals surface area (Å²) in [5, 5.41) is 2.96. The monoisotopic (exact) mass is 286 g/mol. The second kappa shape index (κ2) is 7.59. The Morgan fingerprint density at radius 1 is 1.26 bits per heavy atom. The van der Waals surface area contributed by atoms with Crippen molar-refractivity contribution in [3.8, 4) is 0 Å². The molecule has 0 saturated carbocycles. The van der Waals surface area contributed by atoms with Gasteiger partial charge in [-0.3, -0.25) is 0 Å². The van der Waals surface area contributed by atoms with E-state index in [0.29, 0.717) is 18.0 Å². The van der Waals surface area contributed by atoms with Crippen LogP contribution in [0.2, 0.25) is 0 Å². The Hall–Kier alpha value is -0.950. The third kappa shape index (κ3) is 5.28. The number of hydrogen-bond acceptors (Lipinski definition) is 4. The third-order valence-electron chi connectivity index (χ3n) is 2.47. The minimum absolute atomic E-state index is 0.0982. The van der Waals surface area contributed by atoms with Crippen LogP contribution >= 0.6 is 0 Å². The van der Waals surface area contributed by atoms with E-state index in [9.17, 15) is 8.42 Å². The Balaban J connectivity index is 2.71. The van der Waals surface area contributed by atoms with Crippen LogP contribution in [-0.4, -0.2) is 34.7 Å². The van der Waals surface area contributed by atoms with E-state index in [1.807, 2.05) is 19.9 Å². The molecular formula is C13H22N2O3S. The number of nitrogens with one attached hydrogen (secondary N) is 2. The van der Waals surface area contributed by atoms with Crippen LogP contribution in [0.15, 0.2) is 29.2 Å². The molecule has 0 spiro atoms. The SMILES string of the molecule is CNCc1ccccc1S(=O)(=O)NCCOC(C)C. The van der Waals surface area contributed by atoms with Gasteiger partial charge in [-0.2, -0.15) is 0 Å². The van der Waals surface area contributed by atoms with Crippen molar-refractivity contribution < 1.29 is 13.2 Å². The van der Waals surface area contributed by atoms with E-state index in [-0.39, 0.29) is 12.6 Å². The van der Waals surface area contributed by atoms with E-state index >= 15 is 0 Å². The van der Waals surface area contributed by atoms with Gasteiger partial charge in [0.05, 0.1) is 17.6 Å². The van der Waals surface area contributed by atoms with Gasteiger partial charge in [-0.1, -0.05) is 18.2 Å². The normalized spacial score (nSPS) is 12.0. The first-order chi connectivity index (χ1) is 8.97. The smallest absolute Gasteiger partial charge is 0.240 e. The molecule has 2 N–H and O–H groups in total. The predicted molar refractivity (Wildman–Crippen MR) is 75.5 cm³/mol. The third-order valence-corrected chi connectivity index (χ3v) is 4.04. The minimum atomic E-state index is -3.48. The average molecular weight is 286 g/mol. The maximum absolute atomic E-state index is 12.2. The van der Waals surface area contributed by atoms with Gasteiger partial charge in [0, 0.05) is 13.1 Å². The Bertz CT molecular complexity index is 486. The molecule has 5 nitrogen and oxygen atoms in total. The van der Waals surface area contributed by atoms with E-state index in [0.717, 1.165) is 5.56 Å². The van der Waals surface area contributed by atoms with Crippen LogP contribution < -0.4 is 10.0 Å². The molecule has 19 heavy (non-hydrogen) atoms. The fraction of sp³-hybridized carbons (Fsp3) is 0.538. The highest BCUT2D eigenvalue weighted by atomic mass is 32.2. The quantitative estimate of drug-likeness (QED) is 0.703. The molecule has 1 aromatic rings. The molecule has 0 fully saturated rings. The van der Waals surface area contributed by atoms with E-state index in [1.54, 1.807) is 25.2 Å². The topological polar surface area (TPSA) is 67.4 Å². The lowest BCUT2D eigenvalue weighted by atomic mass is 10.2. The van der Waals surface area contributed by atoms with Crippen LogP contribution in [0.4, 0.5) is 0 Å². The van der Waals surface area contributed by atoms with Crippen LogP contribution in [0.5, 0.6) is 0 Å². The van der Waals surface area contributed by atoms with Gasteiger partial charge >= 0.3 is 0 Å². The zero-order valence-electron chi connectivity index (χ0n) is 11.6. The molecule has 0 aliphatic carbocycles. The fourth-order valence-corrected chi connectivity index (χ4v) is 2.90. The molecule has 1 aromatic carbocycles. The average Bonchev–Trinajstić information content (AvgIpc) is 2.35. The first kappa shape index (κ1) is 16.1. The lowest BCUT2D eigenvalue weighted by Gasteiger charge is -2.12. The van der Waals surface area contributed by atoms with Crippen molar-refractivity contribution >= 4 is 10.0 Å². The largest absolute Gasteiger partial charge is 0.377 e. The molecule has 0 bridgehead atoms. The standard InChI is InChI=1S/C13H22N2O3S/c1-11(2)18-9-8-15-19(16,17)13-7-5-4-6-12(13)10-14-3/h4-7,11,14-15H,8-10H2,1-3H3. The fourth-order valence-electron chi connectivity index (χ4n) is 1.65. The Morgan fingerprint density at radius 2 is 1.95 bits per heavy atom. The summed E-state index contributed by atoms with van der Waals surface area (Å²) < 4.78 is 32.2. The molecule has 0 saturated heterocycles. The van der Waals surface area contributed by atoms with Crippen molar-refractivity contribution in [1.29, 1.82) is 0 Å². The van der Waals surface area contributed by atoms with Crippen molar-refractivity contribution in [2.75, 3.05) is 20.2 Å². The van der Waals surface area contributed by atoms with Crippen LogP contribution in [0, 0.1) is 0 Å². The summed E-state index contributed by atoms with van der Waals surface area (Å²) >= 11 is 0. The van der Waals surface area contributed by atoms with Gasteiger partial charge in [0.15, 0.2) is 0 Å². The number of hydrogen-bond donors (Lipinski definition) is 2. The van der Waals surface area contributed by atoms with E-state index in [1.165, 1.54) is 0 Å². The highest BCUT2D eigenvalue weighted by Crippen LogP contribution is 2.14. The Morgan fingerprint density at radius 3 is 2.58 bits per heavy atom. The first-order valence-corrected chi connectivity index (χ1v) is 7.79. The number of sulfonamides is 1. The summed E-state index contributed by atoms with van der Waals surface area (Å²) in [5.41, 5.74) is 0.752. The van der Waals surface area contributed by atoms with Crippen molar-refractivity contribution in [1.82, 2.24) is 10.0 Å². The van der Waals surface area contributed by atoms with Crippen molar-refractivity contribution in [3.05, 3.63) is 29.8 Å². The van der Waals surface area contributed by atoms with Crippen LogP contribution in [0.1, 0.15) is 19.4 Å². The van der Waals surface area contributed by atoms with Crippen molar-refractivity contribution in [2.45, 2.75) is 31.4 Å². The summed E-state index contributed by atoms with van der Waals surface area (Å²) in [6, 6.07) is 6.96. The van der Waals surface area contributed by atoms with Gasteiger partial charge in [-0.05, 0) is 32.5 Å². The van der Waals surface area contributed by atoms with Gasteiger partial charge in [-0.15, -0.1) is 0 Å². The highest BCUT2D eigenvalue weighted by Gasteiger charge is 2.16. The van der Waals surface area contributed by atoms with Gasteiger partial charge in [0.1, 0.15) is 0 Å². The van der Waals surface area contributed by atoms with Crippen molar-refractivity contribution in [2.24, 2.45) is 0 Å². The first-order valence-electron chi connectivity index (χ1n) is 6.31. The molecular weight excluding hydrogens is 264 g/mol. The molecule has 0 aliphatic rings. The molecule has 0 radical (unpaired) electrons. The minimum Gasteiger partial charge on any atom is -0.377 e. The molecule has 1 rings (SSSR count). The lowest BCUT2D eigenvalue weighted by molar-refractivity contribution is 0.0834. The molecule has 0 atom stereocenters. The zero-order chi connectivity index (χ0) is 14.3. The Labute approximate surface area is 115 Å². The maximum atomic E-state index is 12.2. The van der Waals surface area contributed by atoms with Crippen LogP contribution in [0.25, 0.3) is 0 Å². The van der Waals surface area contributed by atoms with E-state index in [4.69, 9.17) is 4.74 Å². The van der Waals surface area contributed by atoms with Gasteiger partial charge < -0.3 is 10.1 Å². The molecule has 0 amide bonds. The lowest BCUT2D eigenvalue weighted by Crippen LogP contribution is -2.29. The van der Waals surface area contributed by atoms with Crippen molar-refractivity contribution in [3.63, 3.8) is 0 Å². The molecule has 0 aromatic heterocycles. The highest BCUT2D eigenvalue weighted by molar-refractivity contribution is 7.89. The number of ether oxygens (including phenoxy) is 1. The summed E-state index contributed by atoms with van der Waals surface area (Å²) in [6.45, 7) is 4.98. The van der Waals surface area contributed by atoms with Crippen LogP contribution in [-0.2, 0) is 21.3 Å². The van der Waals surface area contributed by atoms with Gasteiger partial charge in [0.2, 0.25) is 10.0 Å². The molecule has 0 unspecified atom stereocenters. The van der Waals surface area contributed by atoms with E-state index in [2.05, 4.69) is 10.0 Å². The molecule has 6 heteroatoms. The second-order valence-corrected chi connectivity index (χ2v) is 6.19. The molecule has 0 heterocycles. The summed E-state index contributed by atoms with van der Waals surface area (Å²) in [4.78, 5) is 0.314. The number of benzene rings is 1. The predicted octanol–water partition coefficient (Wildman–Crippen LogP) is 1.11. The zero-order valence-corrected chi connectivity index (χ0v) is 12.5. The summed E-state index contributed by atoms with van der Waals surface area (Å²) in [7, 11) is -1.70. The molecule has 108 valence electrons. The van der Waals surface area contributed by atoms with Crippen LogP contribution in [0.3, 0.4) is 0 Å². The second-order valence-electron chi connectivity index (χ2n) is 4.46. The Kier molecular flexibility index (Phi) is 6.44. The van der Waals surface area contributed by atoms with Gasteiger partial charge in [-0.25, -0.2) is 13.1 Å². The van der Waals surface area contributed by atoms with Gasteiger partial charge in [0.25, 0.3) is 0 Å². The van der Waals surface area contributed by atoms with E-state index < -0.39 is 10.0 Å². The summed E-state index contributed by atoms with van der Waals surface area (Å²) in [6.07, 6.45) is 0.0982. The maximum Gasteiger partial charge on any atom is 0.240 e.